The lowest BCUT2D eigenvalue weighted by Crippen LogP contribution is -2.18. The van der Waals surface area contributed by atoms with E-state index in [1.807, 2.05) is 6.07 Å². The average Bonchev–Trinajstić information content (AvgIpc) is 2.64. The van der Waals surface area contributed by atoms with Gasteiger partial charge in [0.15, 0.2) is 6.61 Å². The summed E-state index contributed by atoms with van der Waals surface area (Å²) < 4.78 is 16.2. The number of hydrogen-bond acceptors (Lipinski definition) is 5. The van der Waals surface area contributed by atoms with Crippen LogP contribution >= 0.6 is 11.6 Å². The van der Waals surface area contributed by atoms with Crippen molar-refractivity contribution in [1.29, 1.82) is 0 Å². The minimum absolute atomic E-state index is 0.0469. The van der Waals surface area contributed by atoms with Crippen LogP contribution in [-0.4, -0.2) is 30.7 Å². The summed E-state index contributed by atoms with van der Waals surface area (Å²) in [6, 6.07) is 12.2. The van der Waals surface area contributed by atoms with Gasteiger partial charge in [-0.05, 0) is 29.3 Å². The molecule has 0 bridgehead atoms. The summed E-state index contributed by atoms with van der Waals surface area (Å²) in [5.74, 6) is -0.0540. The number of ether oxygens (including phenoxy) is 3. The van der Waals surface area contributed by atoms with Crippen LogP contribution in [0.4, 0.5) is 5.69 Å². The molecule has 26 heavy (non-hydrogen) atoms. The van der Waals surface area contributed by atoms with Gasteiger partial charge >= 0.3 is 5.97 Å². The third-order valence-corrected chi connectivity index (χ3v) is 3.92. The number of fused-ring (bicyclic) bond motifs is 1. The van der Waals surface area contributed by atoms with E-state index in [1.54, 1.807) is 36.4 Å². The van der Waals surface area contributed by atoms with Crippen molar-refractivity contribution in [2.75, 3.05) is 13.7 Å². The molecule has 1 N–H and O–H groups in total. The first-order valence-electron chi connectivity index (χ1n) is 7.75. The molecule has 0 unspecified atom stereocenters. The topological polar surface area (TPSA) is 77.4 Å². The Labute approximate surface area is 155 Å². The standard InChI is InChI=1S/C19H16ClNO5/c1-24-10-15(19(22)23)14-5-3-2-4-12(14)9-26-18-11-25-17-7-6-13(20)8-16(17)21-18/h2-8,10H,9,11H2,1H3,(H,22,23)/b15-10+. The summed E-state index contributed by atoms with van der Waals surface area (Å²) in [6.45, 7) is 0.332. The Balaban J connectivity index is 1.81. The van der Waals surface area contributed by atoms with Crippen LogP contribution in [0, 0.1) is 0 Å². The summed E-state index contributed by atoms with van der Waals surface area (Å²) in [5, 5.41) is 9.94. The molecule has 0 fully saturated rings. The molecule has 0 amide bonds. The predicted octanol–water partition coefficient (Wildman–Crippen LogP) is 4.05. The van der Waals surface area contributed by atoms with E-state index < -0.39 is 5.97 Å². The fourth-order valence-electron chi connectivity index (χ4n) is 2.50. The number of carboxylic acid groups (broad SMARTS) is 1. The molecule has 0 saturated carbocycles. The van der Waals surface area contributed by atoms with Gasteiger partial charge in [0, 0.05) is 5.02 Å². The largest absolute Gasteiger partial charge is 0.503 e. The van der Waals surface area contributed by atoms with Gasteiger partial charge in [-0.25, -0.2) is 9.79 Å². The number of benzene rings is 2. The second kappa shape index (κ2) is 7.93. The van der Waals surface area contributed by atoms with E-state index in [0.29, 0.717) is 33.5 Å². The Morgan fingerprint density at radius 2 is 2.15 bits per heavy atom. The highest BCUT2D eigenvalue weighted by Gasteiger charge is 2.18. The lowest BCUT2D eigenvalue weighted by Gasteiger charge is -2.18. The predicted molar refractivity (Wildman–Crippen MR) is 97.9 cm³/mol. The number of aliphatic imine (C=N–C) groups is 1. The van der Waals surface area contributed by atoms with Crippen molar-refractivity contribution in [3.63, 3.8) is 0 Å². The van der Waals surface area contributed by atoms with E-state index in [0.717, 1.165) is 0 Å². The number of halogens is 1. The van der Waals surface area contributed by atoms with Crippen molar-refractivity contribution in [3.8, 4) is 5.75 Å². The molecule has 0 saturated heterocycles. The van der Waals surface area contributed by atoms with Gasteiger partial charge in [-0.2, -0.15) is 0 Å². The van der Waals surface area contributed by atoms with E-state index in [9.17, 15) is 9.90 Å². The number of rotatable bonds is 5. The van der Waals surface area contributed by atoms with Gasteiger partial charge < -0.3 is 19.3 Å². The van der Waals surface area contributed by atoms with Crippen molar-refractivity contribution < 1.29 is 24.1 Å². The molecule has 0 radical (unpaired) electrons. The maximum absolute atomic E-state index is 11.5. The maximum Gasteiger partial charge on any atom is 0.339 e. The van der Waals surface area contributed by atoms with Gasteiger partial charge in [0.25, 0.3) is 0 Å². The van der Waals surface area contributed by atoms with Crippen LogP contribution in [0.15, 0.2) is 53.7 Å². The zero-order valence-corrected chi connectivity index (χ0v) is 14.7. The summed E-state index contributed by atoms with van der Waals surface area (Å²) in [5.41, 5.74) is 1.85. The van der Waals surface area contributed by atoms with E-state index in [4.69, 9.17) is 25.8 Å². The number of aliphatic carboxylic acids is 1. The average molecular weight is 374 g/mol. The molecule has 1 aliphatic heterocycles. The van der Waals surface area contributed by atoms with Gasteiger partial charge in [0.1, 0.15) is 23.6 Å². The van der Waals surface area contributed by atoms with Crippen LogP contribution in [0.3, 0.4) is 0 Å². The molecule has 1 heterocycles. The molecule has 0 aliphatic carbocycles. The van der Waals surface area contributed by atoms with Crippen molar-refractivity contribution in [2.24, 2.45) is 4.99 Å². The Morgan fingerprint density at radius 1 is 1.35 bits per heavy atom. The van der Waals surface area contributed by atoms with Crippen molar-refractivity contribution in [2.45, 2.75) is 6.61 Å². The highest BCUT2D eigenvalue weighted by atomic mass is 35.5. The molecule has 3 rings (SSSR count). The molecule has 2 aromatic rings. The van der Waals surface area contributed by atoms with Crippen LogP contribution in [0.2, 0.25) is 5.02 Å². The third kappa shape index (κ3) is 3.97. The number of nitrogens with zero attached hydrogens (tertiary/aromatic N) is 1. The van der Waals surface area contributed by atoms with Crippen molar-refractivity contribution in [3.05, 3.63) is 64.9 Å². The van der Waals surface area contributed by atoms with Gasteiger partial charge in [-0.1, -0.05) is 35.9 Å². The zero-order chi connectivity index (χ0) is 18.5. The Hall–Kier alpha value is -2.99. The first-order valence-corrected chi connectivity index (χ1v) is 8.13. The number of hydrogen-bond donors (Lipinski definition) is 1. The minimum Gasteiger partial charge on any atom is -0.503 e. The van der Waals surface area contributed by atoms with Crippen LogP contribution < -0.4 is 4.74 Å². The van der Waals surface area contributed by atoms with E-state index in [1.165, 1.54) is 13.4 Å². The normalized spacial score (nSPS) is 13.3. The number of carbonyl (C=O) groups is 1. The van der Waals surface area contributed by atoms with Crippen molar-refractivity contribution in [1.82, 2.24) is 0 Å². The molecule has 1 aliphatic rings. The second-order valence-electron chi connectivity index (χ2n) is 5.42. The lowest BCUT2D eigenvalue weighted by atomic mass is 10.0. The molecule has 0 atom stereocenters. The molecule has 2 aromatic carbocycles. The van der Waals surface area contributed by atoms with E-state index in [2.05, 4.69) is 4.99 Å². The Bertz CT molecular complexity index is 891. The quantitative estimate of drug-likeness (QED) is 0.632. The van der Waals surface area contributed by atoms with Crippen LogP contribution in [0.1, 0.15) is 11.1 Å². The third-order valence-electron chi connectivity index (χ3n) is 3.69. The van der Waals surface area contributed by atoms with Gasteiger partial charge in [-0.15, -0.1) is 0 Å². The fourth-order valence-corrected chi connectivity index (χ4v) is 2.66. The lowest BCUT2D eigenvalue weighted by molar-refractivity contribution is -0.130. The van der Waals surface area contributed by atoms with Crippen LogP contribution in [0.25, 0.3) is 5.57 Å². The SMILES string of the molecule is CO/C=C(/C(=O)O)c1ccccc1COC1=Nc2cc(Cl)ccc2OC1. The molecule has 0 aromatic heterocycles. The zero-order valence-electron chi connectivity index (χ0n) is 13.9. The highest BCUT2D eigenvalue weighted by molar-refractivity contribution is 6.30. The smallest absolute Gasteiger partial charge is 0.339 e. The van der Waals surface area contributed by atoms with E-state index in [-0.39, 0.29) is 18.8 Å². The first kappa shape index (κ1) is 17.8. The summed E-state index contributed by atoms with van der Waals surface area (Å²) in [7, 11) is 1.40. The fraction of sp³-hybridized carbons (Fsp3) is 0.158. The summed E-state index contributed by atoms with van der Waals surface area (Å²) in [4.78, 5) is 15.9. The molecular weight excluding hydrogens is 358 g/mol. The Morgan fingerprint density at radius 3 is 2.92 bits per heavy atom. The minimum atomic E-state index is -1.08. The van der Waals surface area contributed by atoms with Crippen LogP contribution in [-0.2, 0) is 20.9 Å². The molecule has 0 spiro atoms. The van der Waals surface area contributed by atoms with Gasteiger partial charge in [0.05, 0.1) is 13.4 Å². The van der Waals surface area contributed by atoms with Gasteiger partial charge in [0.2, 0.25) is 5.90 Å². The molecule has 134 valence electrons. The van der Waals surface area contributed by atoms with Crippen molar-refractivity contribution >= 4 is 34.7 Å². The number of carboxylic acids is 1. The molecular formula is C19H16ClNO5. The maximum atomic E-state index is 11.5. The Kier molecular flexibility index (Phi) is 5.43. The molecule has 7 heteroatoms. The van der Waals surface area contributed by atoms with Gasteiger partial charge in [-0.3, -0.25) is 0 Å². The highest BCUT2D eigenvalue weighted by Crippen LogP contribution is 2.33. The second-order valence-corrected chi connectivity index (χ2v) is 5.86. The summed E-state index contributed by atoms with van der Waals surface area (Å²) >= 11 is 5.97. The van der Waals surface area contributed by atoms with Crippen LogP contribution in [0.5, 0.6) is 5.75 Å². The number of methoxy groups -OCH3 is 1. The monoisotopic (exact) mass is 373 g/mol. The summed E-state index contributed by atoms with van der Waals surface area (Å²) in [6.07, 6.45) is 1.20. The first-order chi connectivity index (χ1) is 12.6. The van der Waals surface area contributed by atoms with E-state index >= 15 is 0 Å². The molecule has 6 nitrogen and oxygen atoms in total.